The minimum absolute atomic E-state index is 0.0609. The van der Waals surface area contributed by atoms with Gasteiger partial charge in [-0.05, 0) is 74.6 Å². The zero-order valence-electron chi connectivity index (χ0n) is 19.1. The van der Waals surface area contributed by atoms with Gasteiger partial charge in [-0.15, -0.1) is 0 Å². The maximum Gasteiger partial charge on any atom is 0.359 e. The van der Waals surface area contributed by atoms with E-state index in [0.29, 0.717) is 30.8 Å². The largest absolute Gasteiger partial charge is 0.451 e. The second kappa shape index (κ2) is 9.69. The van der Waals surface area contributed by atoms with Crippen molar-refractivity contribution in [3.05, 3.63) is 71.3 Å². The molecule has 2 aromatic carbocycles. The van der Waals surface area contributed by atoms with Gasteiger partial charge in [-0.3, -0.25) is 9.59 Å². The topological polar surface area (TPSA) is 93.5 Å². The molecule has 1 fully saturated rings. The molecule has 2 aliphatic rings. The summed E-state index contributed by atoms with van der Waals surface area (Å²) in [5, 5.41) is 7.18. The Labute approximate surface area is 201 Å². The highest BCUT2D eigenvalue weighted by atomic mass is 19.1. The van der Waals surface area contributed by atoms with Crippen LogP contribution < -0.4 is 10.2 Å². The van der Waals surface area contributed by atoms with Crippen molar-refractivity contribution in [2.24, 2.45) is 0 Å². The Morgan fingerprint density at radius 2 is 1.80 bits per heavy atom. The predicted octanol–water partition coefficient (Wildman–Crippen LogP) is 3.81. The molecule has 2 amide bonds. The highest BCUT2D eigenvalue weighted by Crippen LogP contribution is 2.28. The van der Waals surface area contributed by atoms with Crippen molar-refractivity contribution in [1.29, 1.82) is 0 Å². The molecule has 9 heteroatoms. The third-order valence-corrected chi connectivity index (χ3v) is 6.29. The molecule has 0 atom stereocenters. The second-order valence-corrected chi connectivity index (χ2v) is 8.69. The second-order valence-electron chi connectivity index (χ2n) is 8.69. The third kappa shape index (κ3) is 4.80. The summed E-state index contributed by atoms with van der Waals surface area (Å²) in [5.74, 6) is -1.45. The van der Waals surface area contributed by atoms with Gasteiger partial charge in [0, 0.05) is 35.6 Å². The summed E-state index contributed by atoms with van der Waals surface area (Å²) < 4.78 is 20.3. The quantitative estimate of drug-likeness (QED) is 0.546. The van der Waals surface area contributed by atoms with Gasteiger partial charge in [0.25, 0.3) is 5.91 Å². The normalized spacial score (nSPS) is 15.1. The van der Waals surface area contributed by atoms with E-state index in [-0.39, 0.29) is 17.4 Å². The molecule has 1 aliphatic heterocycles. The summed E-state index contributed by atoms with van der Waals surface area (Å²) in [7, 11) is 0. The SMILES string of the molecule is O=C(COC(=O)c1nn(-c2ccc(F)cc2)c2c1CCCC2)Nc1cccc(N2CCCC2=O)c1. The van der Waals surface area contributed by atoms with Crippen LogP contribution >= 0.6 is 0 Å². The molecule has 35 heavy (non-hydrogen) atoms. The maximum absolute atomic E-state index is 13.4. The van der Waals surface area contributed by atoms with E-state index in [1.54, 1.807) is 39.9 Å². The van der Waals surface area contributed by atoms with Gasteiger partial charge in [0.05, 0.1) is 5.69 Å². The predicted molar refractivity (Wildman–Crippen MR) is 127 cm³/mol. The Morgan fingerprint density at radius 3 is 2.57 bits per heavy atom. The summed E-state index contributed by atoms with van der Waals surface area (Å²) in [6.45, 7) is 0.187. The van der Waals surface area contributed by atoms with Crippen molar-refractivity contribution in [3.8, 4) is 5.69 Å². The Hall–Kier alpha value is -4.01. The summed E-state index contributed by atoms with van der Waals surface area (Å²) in [6, 6.07) is 12.9. The van der Waals surface area contributed by atoms with Crippen LogP contribution in [0.15, 0.2) is 48.5 Å². The summed E-state index contributed by atoms with van der Waals surface area (Å²) >= 11 is 0. The molecule has 0 radical (unpaired) electrons. The first-order chi connectivity index (χ1) is 17.0. The Bertz CT molecular complexity index is 1290. The number of ether oxygens (including phenoxy) is 1. The molecule has 5 rings (SSSR count). The van der Waals surface area contributed by atoms with Crippen LogP contribution in [-0.4, -0.2) is 40.7 Å². The maximum atomic E-state index is 13.4. The van der Waals surface area contributed by atoms with E-state index in [2.05, 4.69) is 10.4 Å². The molecule has 1 saturated heterocycles. The number of halogens is 1. The monoisotopic (exact) mass is 476 g/mol. The molecule has 1 aromatic heterocycles. The number of amides is 2. The zero-order chi connectivity index (χ0) is 24.4. The molecule has 0 saturated carbocycles. The van der Waals surface area contributed by atoms with Crippen LogP contribution in [-0.2, 0) is 27.2 Å². The number of aromatic nitrogens is 2. The zero-order valence-corrected chi connectivity index (χ0v) is 19.1. The van der Waals surface area contributed by atoms with E-state index >= 15 is 0 Å². The van der Waals surface area contributed by atoms with E-state index in [4.69, 9.17) is 4.74 Å². The fourth-order valence-electron chi connectivity index (χ4n) is 4.63. The molecule has 1 N–H and O–H groups in total. The van der Waals surface area contributed by atoms with Crippen LogP contribution in [0.1, 0.15) is 47.4 Å². The van der Waals surface area contributed by atoms with Crippen molar-refractivity contribution >= 4 is 29.2 Å². The molecule has 0 spiro atoms. The van der Waals surface area contributed by atoms with Crippen molar-refractivity contribution in [1.82, 2.24) is 9.78 Å². The fraction of sp³-hybridized carbons (Fsp3) is 0.308. The Balaban J connectivity index is 1.26. The van der Waals surface area contributed by atoms with Crippen molar-refractivity contribution in [2.45, 2.75) is 38.5 Å². The number of hydrogen-bond acceptors (Lipinski definition) is 5. The number of benzene rings is 2. The lowest BCUT2D eigenvalue weighted by atomic mass is 9.95. The molecule has 0 unspecified atom stereocenters. The number of hydrogen-bond donors (Lipinski definition) is 1. The van der Waals surface area contributed by atoms with Gasteiger partial charge in [0.1, 0.15) is 5.82 Å². The Morgan fingerprint density at radius 1 is 1.00 bits per heavy atom. The number of esters is 1. The van der Waals surface area contributed by atoms with E-state index in [1.807, 2.05) is 6.07 Å². The van der Waals surface area contributed by atoms with Gasteiger partial charge in [0.2, 0.25) is 5.91 Å². The molecule has 8 nitrogen and oxygen atoms in total. The van der Waals surface area contributed by atoms with Crippen LogP contribution in [0, 0.1) is 5.82 Å². The van der Waals surface area contributed by atoms with Gasteiger partial charge in [-0.2, -0.15) is 5.10 Å². The van der Waals surface area contributed by atoms with Crippen LogP contribution in [0.5, 0.6) is 0 Å². The molecular formula is C26H25FN4O4. The number of nitrogens with one attached hydrogen (secondary N) is 1. The van der Waals surface area contributed by atoms with Crippen LogP contribution in [0.3, 0.4) is 0 Å². The molecule has 0 bridgehead atoms. The lowest BCUT2D eigenvalue weighted by Crippen LogP contribution is -2.24. The van der Waals surface area contributed by atoms with Crippen LogP contribution in [0.4, 0.5) is 15.8 Å². The summed E-state index contributed by atoms with van der Waals surface area (Å²) in [5.41, 5.74) is 3.81. The van der Waals surface area contributed by atoms with Crippen LogP contribution in [0.25, 0.3) is 5.69 Å². The fourth-order valence-corrected chi connectivity index (χ4v) is 4.63. The lowest BCUT2D eigenvalue weighted by molar-refractivity contribution is -0.119. The summed E-state index contributed by atoms with van der Waals surface area (Å²) in [6.07, 6.45) is 4.68. The number of fused-ring (bicyclic) bond motifs is 1. The average Bonchev–Trinajstić information content (AvgIpc) is 3.47. The average molecular weight is 477 g/mol. The molecule has 3 aromatic rings. The van der Waals surface area contributed by atoms with Gasteiger partial charge < -0.3 is 15.0 Å². The van der Waals surface area contributed by atoms with Gasteiger partial charge in [-0.25, -0.2) is 13.9 Å². The lowest BCUT2D eigenvalue weighted by Gasteiger charge is -2.16. The highest BCUT2D eigenvalue weighted by Gasteiger charge is 2.27. The van der Waals surface area contributed by atoms with E-state index in [9.17, 15) is 18.8 Å². The number of nitrogens with zero attached hydrogens (tertiary/aromatic N) is 3. The smallest absolute Gasteiger partial charge is 0.359 e. The van der Waals surface area contributed by atoms with Gasteiger partial charge in [0.15, 0.2) is 12.3 Å². The van der Waals surface area contributed by atoms with Gasteiger partial charge in [-0.1, -0.05) is 6.07 Å². The molecule has 180 valence electrons. The number of carbonyl (C=O) groups excluding carboxylic acids is 3. The molecular weight excluding hydrogens is 451 g/mol. The molecule has 1 aliphatic carbocycles. The van der Waals surface area contributed by atoms with Gasteiger partial charge >= 0.3 is 5.97 Å². The number of carbonyl (C=O) groups is 3. The van der Waals surface area contributed by atoms with Crippen molar-refractivity contribution < 1.29 is 23.5 Å². The standard InChI is InChI=1S/C26H25FN4O4/c27-17-10-12-19(13-11-17)31-22-8-2-1-7-21(22)25(29-31)26(34)35-16-23(32)28-18-5-3-6-20(15-18)30-14-4-9-24(30)33/h3,5-6,10-13,15H,1-2,4,7-9,14,16H2,(H,28,32). The van der Waals surface area contributed by atoms with E-state index < -0.39 is 18.5 Å². The molecule has 2 heterocycles. The first-order valence-corrected chi connectivity index (χ1v) is 11.7. The first-order valence-electron chi connectivity index (χ1n) is 11.7. The van der Waals surface area contributed by atoms with Crippen molar-refractivity contribution in [3.63, 3.8) is 0 Å². The highest BCUT2D eigenvalue weighted by molar-refractivity contribution is 5.98. The number of rotatable bonds is 6. The number of anilines is 2. The third-order valence-electron chi connectivity index (χ3n) is 6.29. The first kappa shape index (κ1) is 22.8. The van der Waals surface area contributed by atoms with Crippen LogP contribution in [0.2, 0.25) is 0 Å². The minimum atomic E-state index is -0.671. The van der Waals surface area contributed by atoms with Crippen molar-refractivity contribution in [2.75, 3.05) is 23.4 Å². The Kier molecular flexibility index (Phi) is 6.31. The van der Waals surface area contributed by atoms with E-state index in [1.165, 1.54) is 12.1 Å². The van der Waals surface area contributed by atoms with E-state index in [0.717, 1.165) is 42.6 Å². The minimum Gasteiger partial charge on any atom is -0.451 e. The summed E-state index contributed by atoms with van der Waals surface area (Å²) in [4.78, 5) is 39.0.